The topological polar surface area (TPSA) is 150 Å². The number of hydroxylamine groups is 2. The van der Waals surface area contributed by atoms with Gasteiger partial charge in [-0.25, -0.2) is 4.79 Å². The Bertz CT molecular complexity index is 900. The first-order valence-electron chi connectivity index (χ1n) is 9.78. The van der Waals surface area contributed by atoms with E-state index in [2.05, 4.69) is 5.32 Å². The SMILES string of the molecule is O=C(Cc1ccc(C(F)(F)P(=O)(O)O)cc1)NCCCCCC(=O)ON1C(=O)CCC1=O. The number of benzene rings is 1. The molecule has 1 fully saturated rings. The number of hydrogen-bond acceptors (Lipinski definition) is 6. The molecule has 0 aliphatic carbocycles. The number of halogens is 2. The average Bonchev–Trinajstić information content (AvgIpc) is 3.02. The first-order chi connectivity index (χ1) is 14.9. The van der Waals surface area contributed by atoms with Crippen molar-refractivity contribution >= 4 is 31.3 Å². The van der Waals surface area contributed by atoms with Gasteiger partial charge in [0.1, 0.15) is 0 Å². The lowest BCUT2D eigenvalue weighted by molar-refractivity contribution is -0.197. The van der Waals surface area contributed by atoms with Crippen LogP contribution in [0.3, 0.4) is 0 Å². The summed E-state index contributed by atoms with van der Waals surface area (Å²) < 4.78 is 38.1. The number of carbonyl (C=O) groups excluding carboxylic acids is 4. The lowest BCUT2D eigenvalue weighted by atomic mass is 10.1. The van der Waals surface area contributed by atoms with Crippen LogP contribution >= 0.6 is 7.60 Å². The Hall–Kier alpha value is -2.69. The van der Waals surface area contributed by atoms with Crippen molar-refractivity contribution in [2.75, 3.05) is 6.54 Å². The Balaban J connectivity index is 1.63. The Morgan fingerprint density at radius 1 is 1.06 bits per heavy atom. The average molecular weight is 476 g/mol. The van der Waals surface area contributed by atoms with Gasteiger partial charge in [-0.2, -0.15) is 8.78 Å². The van der Waals surface area contributed by atoms with E-state index in [9.17, 15) is 32.5 Å². The molecule has 0 radical (unpaired) electrons. The second-order valence-corrected chi connectivity index (χ2v) is 8.81. The molecule has 1 saturated heterocycles. The second kappa shape index (κ2) is 10.8. The van der Waals surface area contributed by atoms with E-state index in [1.165, 1.54) is 12.1 Å². The number of hydrogen-bond donors (Lipinski definition) is 3. The van der Waals surface area contributed by atoms with Crippen LogP contribution in [0.4, 0.5) is 8.78 Å². The summed E-state index contributed by atoms with van der Waals surface area (Å²) in [5.74, 6) is -2.15. The van der Waals surface area contributed by atoms with Gasteiger partial charge in [0.15, 0.2) is 0 Å². The Morgan fingerprint density at radius 3 is 2.22 bits per heavy atom. The number of unbranched alkanes of at least 4 members (excludes halogenated alkanes) is 2. The molecule has 0 spiro atoms. The molecule has 176 valence electrons. The highest BCUT2D eigenvalue weighted by molar-refractivity contribution is 7.52. The van der Waals surface area contributed by atoms with Gasteiger partial charge in [0.05, 0.1) is 6.42 Å². The van der Waals surface area contributed by atoms with Crippen LogP contribution < -0.4 is 5.32 Å². The van der Waals surface area contributed by atoms with Crippen molar-refractivity contribution in [2.45, 2.75) is 50.6 Å². The van der Waals surface area contributed by atoms with Crippen LogP contribution in [0.5, 0.6) is 0 Å². The number of rotatable bonds is 11. The van der Waals surface area contributed by atoms with Crippen LogP contribution in [0.15, 0.2) is 24.3 Å². The predicted octanol–water partition coefficient (Wildman–Crippen LogP) is 1.74. The van der Waals surface area contributed by atoms with Crippen molar-refractivity contribution < 1.29 is 47.1 Å². The lowest BCUT2D eigenvalue weighted by Crippen LogP contribution is -2.32. The van der Waals surface area contributed by atoms with Crippen molar-refractivity contribution in [1.29, 1.82) is 0 Å². The number of imide groups is 1. The van der Waals surface area contributed by atoms with Gasteiger partial charge in [0.2, 0.25) is 5.91 Å². The van der Waals surface area contributed by atoms with E-state index in [0.717, 1.165) is 12.1 Å². The molecule has 1 heterocycles. The van der Waals surface area contributed by atoms with E-state index in [1.807, 2.05) is 0 Å². The summed E-state index contributed by atoms with van der Waals surface area (Å²) in [6.07, 6.45) is 1.51. The molecule has 13 heteroatoms. The minimum Gasteiger partial charge on any atom is -0.356 e. The molecule has 10 nitrogen and oxygen atoms in total. The fourth-order valence-electron chi connectivity index (χ4n) is 2.84. The third kappa shape index (κ3) is 6.91. The molecule has 1 aliphatic rings. The van der Waals surface area contributed by atoms with Gasteiger partial charge < -0.3 is 19.9 Å². The molecule has 1 aromatic carbocycles. The van der Waals surface area contributed by atoms with Crippen LogP contribution in [-0.4, -0.2) is 45.1 Å². The largest absolute Gasteiger partial charge is 0.399 e. The summed E-state index contributed by atoms with van der Waals surface area (Å²) in [5.41, 5.74) is -4.76. The maximum Gasteiger partial charge on any atom is 0.399 e. The molecular weight excluding hydrogens is 453 g/mol. The highest BCUT2D eigenvalue weighted by atomic mass is 31.2. The van der Waals surface area contributed by atoms with E-state index in [0.29, 0.717) is 36.4 Å². The summed E-state index contributed by atoms with van der Waals surface area (Å²) in [5, 5.41) is 3.12. The monoisotopic (exact) mass is 476 g/mol. The van der Waals surface area contributed by atoms with E-state index >= 15 is 0 Å². The molecule has 3 amide bonds. The summed E-state index contributed by atoms with van der Waals surface area (Å²) in [6.45, 7) is 0.311. The van der Waals surface area contributed by atoms with Crippen molar-refractivity contribution in [3.05, 3.63) is 35.4 Å². The van der Waals surface area contributed by atoms with Crippen molar-refractivity contribution in [3.8, 4) is 0 Å². The van der Waals surface area contributed by atoms with Gasteiger partial charge >= 0.3 is 19.2 Å². The standard InChI is InChI=1S/C19H23F2N2O8P/c20-19(21,32(28,29)30)14-7-5-13(6-8-14)12-15(24)22-11-3-1-2-4-18(27)31-23-16(25)9-10-17(23)26/h5-8H,1-4,9-12H2,(H,22,24)(H2,28,29,30). The molecule has 0 saturated carbocycles. The maximum absolute atomic E-state index is 13.6. The van der Waals surface area contributed by atoms with Crippen LogP contribution in [0.2, 0.25) is 0 Å². The molecule has 3 N–H and O–H groups in total. The molecular formula is C19H23F2N2O8P. The van der Waals surface area contributed by atoms with Crippen molar-refractivity contribution in [2.24, 2.45) is 0 Å². The zero-order valence-corrected chi connectivity index (χ0v) is 17.9. The van der Waals surface area contributed by atoms with E-state index in [4.69, 9.17) is 14.6 Å². The number of alkyl halides is 2. The third-order valence-corrected chi connectivity index (χ3v) is 5.60. The molecule has 2 rings (SSSR count). The zero-order valence-electron chi connectivity index (χ0n) is 17.0. The lowest BCUT2D eigenvalue weighted by Gasteiger charge is -2.18. The first kappa shape index (κ1) is 25.6. The number of amides is 3. The zero-order chi connectivity index (χ0) is 23.9. The van der Waals surface area contributed by atoms with E-state index in [1.54, 1.807) is 0 Å². The highest BCUT2D eigenvalue weighted by Crippen LogP contribution is 2.59. The van der Waals surface area contributed by atoms with Crippen LogP contribution in [0, 0.1) is 0 Å². The third-order valence-electron chi connectivity index (χ3n) is 4.61. The molecule has 1 aromatic rings. The maximum atomic E-state index is 13.6. The number of carbonyl (C=O) groups is 4. The van der Waals surface area contributed by atoms with Gasteiger partial charge in [-0.05, 0) is 18.4 Å². The normalized spacial score (nSPS) is 14.6. The second-order valence-electron chi connectivity index (χ2n) is 7.16. The molecule has 1 aliphatic heterocycles. The fraction of sp³-hybridized carbons (Fsp3) is 0.474. The smallest absolute Gasteiger partial charge is 0.356 e. The van der Waals surface area contributed by atoms with Gasteiger partial charge in [0, 0.05) is 31.4 Å². The van der Waals surface area contributed by atoms with Crippen LogP contribution in [0.25, 0.3) is 0 Å². The molecule has 0 aromatic heterocycles. The molecule has 32 heavy (non-hydrogen) atoms. The van der Waals surface area contributed by atoms with Crippen molar-refractivity contribution in [3.63, 3.8) is 0 Å². The van der Waals surface area contributed by atoms with Gasteiger partial charge in [-0.3, -0.25) is 18.9 Å². The summed E-state index contributed by atoms with van der Waals surface area (Å²) in [7, 11) is -5.65. The van der Waals surface area contributed by atoms with Gasteiger partial charge in [-0.15, -0.1) is 5.06 Å². The Kier molecular flexibility index (Phi) is 8.59. The molecule has 0 unspecified atom stereocenters. The van der Waals surface area contributed by atoms with Gasteiger partial charge in [-0.1, -0.05) is 30.7 Å². The van der Waals surface area contributed by atoms with E-state index < -0.39 is 36.6 Å². The summed E-state index contributed by atoms with van der Waals surface area (Å²) >= 11 is 0. The predicted molar refractivity (Wildman–Crippen MR) is 105 cm³/mol. The summed E-state index contributed by atoms with van der Waals surface area (Å²) in [4.78, 5) is 68.5. The minimum atomic E-state index is -5.65. The number of nitrogens with one attached hydrogen (secondary N) is 1. The molecule has 0 atom stereocenters. The summed E-state index contributed by atoms with van der Waals surface area (Å²) in [6, 6.07) is 4.12. The Morgan fingerprint density at radius 2 is 1.66 bits per heavy atom. The minimum absolute atomic E-state index is 0.0105. The van der Waals surface area contributed by atoms with Crippen molar-refractivity contribution in [1.82, 2.24) is 10.4 Å². The fourth-order valence-corrected chi connectivity index (χ4v) is 3.33. The molecule has 0 bridgehead atoms. The first-order valence-corrected chi connectivity index (χ1v) is 11.4. The number of nitrogens with zero attached hydrogens (tertiary/aromatic N) is 1. The van der Waals surface area contributed by atoms with Gasteiger partial charge in [0.25, 0.3) is 11.8 Å². The van der Waals surface area contributed by atoms with Crippen LogP contribution in [-0.2, 0) is 40.7 Å². The highest BCUT2D eigenvalue weighted by Gasteiger charge is 2.50. The quantitative estimate of drug-likeness (QED) is 0.248. The Labute approximate surface area is 182 Å². The van der Waals surface area contributed by atoms with E-state index in [-0.39, 0.29) is 31.6 Å². The van der Waals surface area contributed by atoms with Crippen LogP contribution in [0.1, 0.15) is 49.7 Å².